The fraction of sp³-hybridized carbons (Fsp3) is 0.647. The summed E-state index contributed by atoms with van der Waals surface area (Å²) in [6.45, 7) is 6.43. The highest BCUT2D eigenvalue weighted by Crippen LogP contribution is 2.30. The second-order valence-electron chi connectivity index (χ2n) is 5.77. The van der Waals surface area contributed by atoms with Gasteiger partial charge in [-0.2, -0.15) is 0 Å². The molecule has 0 aliphatic carbocycles. The van der Waals surface area contributed by atoms with Gasteiger partial charge in [-0.15, -0.1) is 0 Å². The van der Waals surface area contributed by atoms with Gasteiger partial charge in [0.1, 0.15) is 5.82 Å². The van der Waals surface area contributed by atoms with E-state index in [-0.39, 0.29) is 17.5 Å². The topological polar surface area (TPSA) is 30.5 Å². The first-order chi connectivity index (χ1) is 10.1. The predicted octanol–water partition coefficient (Wildman–Crippen LogP) is 2.85. The van der Waals surface area contributed by atoms with Crippen LogP contribution in [0.3, 0.4) is 0 Å². The Morgan fingerprint density at radius 1 is 1.38 bits per heavy atom. The van der Waals surface area contributed by atoms with Crippen LogP contribution in [-0.2, 0) is 15.9 Å². The monoisotopic (exact) mass is 295 g/mol. The zero-order valence-corrected chi connectivity index (χ0v) is 13.2. The molecule has 1 aromatic rings. The van der Waals surface area contributed by atoms with Crippen molar-refractivity contribution in [3.05, 3.63) is 35.1 Å². The van der Waals surface area contributed by atoms with Gasteiger partial charge < -0.3 is 14.8 Å². The molecule has 2 rings (SSSR count). The first-order valence-electron chi connectivity index (χ1n) is 7.72. The fourth-order valence-electron chi connectivity index (χ4n) is 3.18. The van der Waals surface area contributed by atoms with Gasteiger partial charge in [0.2, 0.25) is 0 Å². The third kappa shape index (κ3) is 3.82. The predicted molar refractivity (Wildman–Crippen MR) is 82.1 cm³/mol. The van der Waals surface area contributed by atoms with E-state index < -0.39 is 0 Å². The van der Waals surface area contributed by atoms with Gasteiger partial charge in [0, 0.05) is 39.2 Å². The van der Waals surface area contributed by atoms with Crippen LogP contribution in [0.5, 0.6) is 0 Å². The molecule has 21 heavy (non-hydrogen) atoms. The maximum atomic E-state index is 13.5. The molecule has 4 heteroatoms. The summed E-state index contributed by atoms with van der Waals surface area (Å²) >= 11 is 0. The maximum absolute atomic E-state index is 13.5. The Kier molecular flexibility index (Phi) is 5.73. The van der Waals surface area contributed by atoms with Crippen molar-refractivity contribution in [2.24, 2.45) is 0 Å². The molecule has 0 spiro atoms. The van der Waals surface area contributed by atoms with E-state index in [1.54, 1.807) is 13.2 Å². The molecule has 0 radical (unpaired) electrons. The Balaban J connectivity index is 2.23. The summed E-state index contributed by atoms with van der Waals surface area (Å²) in [6.07, 6.45) is 2.51. The first-order valence-corrected chi connectivity index (χ1v) is 7.72. The summed E-state index contributed by atoms with van der Waals surface area (Å²) in [7, 11) is 1.77. The number of ether oxygens (including phenoxy) is 2. The van der Waals surface area contributed by atoms with E-state index in [0.29, 0.717) is 0 Å². The van der Waals surface area contributed by atoms with Gasteiger partial charge in [-0.05, 0) is 43.1 Å². The molecule has 1 unspecified atom stereocenters. The van der Waals surface area contributed by atoms with Crippen LogP contribution in [0.1, 0.15) is 30.9 Å². The number of methoxy groups -OCH3 is 1. The minimum absolute atomic E-state index is 0.164. The molecule has 1 fully saturated rings. The number of hydrogen-bond donors (Lipinski definition) is 1. The normalized spacial score (nSPS) is 19.4. The Labute approximate surface area is 126 Å². The van der Waals surface area contributed by atoms with Crippen LogP contribution in [0, 0.1) is 12.7 Å². The van der Waals surface area contributed by atoms with E-state index in [1.807, 2.05) is 13.0 Å². The molecular formula is C17H26FNO2. The Morgan fingerprint density at radius 2 is 2.10 bits per heavy atom. The van der Waals surface area contributed by atoms with E-state index in [1.165, 1.54) is 6.07 Å². The SMILES string of the molecule is CCNC(Cc1cc(F)ccc1C)C1(OC)CCOCC1. The van der Waals surface area contributed by atoms with Crippen LogP contribution in [0.4, 0.5) is 4.39 Å². The second-order valence-corrected chi connectivity index (χ2v) is 5.77. The van der Waals surface area contributed by atoms with Crippen molar-refractivity contribution in [3.8, 4) is 0 Å². The molecule has 1 N–H and O–H groups in total. The molecule has 1 heterocycles. The molecule has 0 amide bonds. The van der Waals surface area contributed by atoms with E-state index in [4.69, 9.17) is 9.47 Å². The highest BCUT2D eigenvalue weighted by Gasteiger charge is 2.40. The summed E-state index contributed by atoms with van der Waals surface area (Å²) < 4.78 is 24.9. The summed E-state index contributed by atoms with van der Waals surface area (Å²) in [6, 6.07) is 5.16. The lowest BCUT2D eigenvalue weighted by atomic mass is 9.82. The van der Waals surface area contributed by atoms with Crippen molar-refractivity contribution in [2.75, 3.05) is 26.9 Å². The van der Waals surface area contributed by atoms with Gasteiger partial charge in [-0.25, -0.2) is 4.39 Å². The van der Waals surface area contributed by atoms with Gasteiger partial charge in [0.05, 0.1) is 5.60 Å². The number of nitrogens with one attached hydrogen (secondary N) is 1. The van der Waals surface area contributed by atoms with Crippen molar-refractivity contribution < 1.29 is 13.9 Å². The van der Waals surface area contributed by atoms with Crippen molar-refractivity contribution in [2.45, 2.75) is 44.8 Å². The molecule has 1 aliphatic rings. The van der Waals surface area contributed by atoms with Crippen LogP contribution in [0.25, 0.3) is 0 Å². The van der Waals surface area contributed by atoms with Crippen molar-refractivity contribution in [1.29, 1.82) is 0 Å². The number of halogens is 1. The Hall–Kier alpha value is -0.970. The van der Waals surface area contributed by atoms with Crippen molar-refractivity contribution >= 4 is 0 Å². The largest absolute Gasteiger partial charge is 0.381 e. The van der Waals surface area contributed by atoms with Crippen LogP contribution >= 0.6 is 0 Å². The molecule has 0 bridgehead atoms. The number of aryl methyl sites for hydroxylation is 1. The van der Waals surface area contributed by atoms with Crippen molar-refractivity contribution in [1.82, 2.24) is 5.32 Å². The summed E-state index contributed by atoms with van der Waals surface area (Å²) in [5.74, 6) is -0.177. The highest BCUT2D eigenvalue weighted by molar-refractivity contribution is 5.28. The molecule has 1 saturated heterocycles. The molecule has 0 saturated carbocycles. The molecule has 3 nitrogen and oxygen atoms in total. The summed E-state index contributed by atoms with van der Waals surface area (Å²) in [4.78, 5) is 0. The zero-order valence-electron chi connectivity index (χ0n) is 13.2. The standard InChI is InChI=1S/C17H26FNO2/c1-4-19-16(17(20-3)7-9-21-10-8-17)12-14-11-15(18)6-5-13(14)2/h5-6,11,16,19H,4,7-10,12H2,1-3H3. The molecule has 1 aliphatic heterocycles. The third-order valence-corrected chi connectivity index (χ3v) is 4.57. The van der Waals surface area contributed by atoms with Gasteiger partial charge in [-0.1, -0.05) is 13.0 Å². The second kappa shape index (κ2) is 7.34. The van der Waals surface area contributed by atoms with Crippen molar-refractivity contribution in [3.63, 3.8) is 0 Å². The van der Waals surface area contributed by atoms with E-state index in [0.717, 1.165) is 50.1 Å². The molecule has 118 valence electrons. The van der Waals surface area contributed by atoms with Crippen LogP contribution in [0.2, 0.25) is 0 Å². The minimum atomic E-state index is -0.229. The summed E-state index contributed by atoms with van der Waals surface area (Å²) in [5.41, 5.74) is 1.94. The van der Waals surface area contributed by atoms with E-state index in [9.17, 15) is 4.39 Å². The molecular weight excluding hydrogens is 269 g/mol. The molecule has 1 aromatic carbocycles. The first kappa shape index (κ1) is 16.4. The van der Waals surface area contributed by atoms with Gasteiger partial charge in [-0.3, -0.25) is 0 Å². The van der Waals surface area contributed by atoms with Crippen LogP contribution in [-0.4, -0.2) is 38.5 Å². The number of benzene rings is 1. The Bertz CT molecular complexity index is 458. The number of hydrogen-bond acceptors (Lipinski definition) is 3. The molecule has 1 atom stereocenters. The quantitative estimate of drug-likeness (QED) is 0.875. The zero-order chi connectivity index (χ0) is 15.3. The van der Waals surface area contributed by atoms with Crippen LogP contribution in [0.15, 0.2) is 18.2 Å². The summed E-state index contributed by atoms with van der Waals surface area (Å²) in [5, 5.41) is 3.54. The lowest BCUT2D eigenvalue weighted by molar-refractivity contribution is -0.110. The lowest BCUT2D eigenvalue weighted by Crippen LogP contribution is -2.56. The minimum Gasteiger partial charge on any atom is -0.381 e. The lowest BCUT2D eigenvalue weighted by Gasteiger charge is -2.43. The van der Waals surface area contributed by atoms with E-state index >= 15 is 0 Å². The highest BCUT2D eigenvalue weighted by atomic mass is 19.1. The van der Waals surface area contributed by atoms with E-state index in [2.05, 4.69) is 12.2 Å². The van der Waals surface area contributed by atoms with Gasteiger partial charge >= 0.3 is 0 Å². The average Bonchev–Trinajstić information content (AvgIpc) is 2.51. The average molecular weight is 295 g/mol. The fourth-order valence-corrected chi connectivity index (χ4v) is 3.18. The van der Waals surface area contributed by atoms with Gasteiger partial charge in [0.15, 0.2) is 0 Å². The Morgan fingerprint density at radius 3 is 2.71 bits per heavy atom. The third-order valence-electron chi connectivity index (χ3n) is 4.57. The smallest absolute Gasteiger partial charge is 0.123 e. The number of rotatable bonds is 6. The molecule has 0 aromatic heterocycles. The number of likely N-dealkylation sites (N-methyl/N-ethyl adjacent to an activating group) is 1. The van der Waals surface area contributed by atoms with Crippen LogP contribution < -0.4 is 5.32 Å². The van der Waals surface area contributed by atoms with Gasteiger partial charge in [0.25, 0.3) is 0 Å². The maximum Gasteiger partial charge on any atom is 0.123 e.